The van der Waals surface area contributed by atoms with Gasteiger partial charge in [0.05, 0.1) is 12.6 Å². The van der Waals surface area contributed by atoms with Gasteiger partial charge in [0.2, 0.25) is 0 Å². The van der Waals surface area contributed by atoms with E-state index in [9.17, 15) is 14.0 Å². The van der Waals surface area contributed by atoms with Crippen molar-refractivity contribution in [2.24, 2.45) is 0 Å². The highest BCUT2D eigenvalue weighted by atomic mass is 32.2. The van der Waals surface area contributed by atoms with E-state index in [1.165, 1.54) is 29.8 Å². The van der Waals surface area contributed by atoms with Crippen LogP contribution in [0.1, 0.15) is 21.5 Å². The number of amides is 2. The number of hydrogen-bond donors (Lipinski definition) is 1. The number of carbonyl (C=O) groups excluding carboxylic acids is 2. The molecule has 1 N–H and O–H groups in total. The van der Waals surface area contributed by atoms with Crippen LogP contribution in [-0.2, 0) is 16.9 Å². The molecule has 1 unspecified atom stereocenters. The second-order valence-corrected chi connectivity index (χ2v) is 10.1. The van der Waals surface area contributed by atoms with Crippen LogP contribution in [-0.4, -0.2) is 30.7 Å². The van der Waals surface area contributed by atoms with Crippen LogP contribution in [0.5, 0.6) is 0 Å². The number of anilines is 1. The van der Waals surface area contributed by atoms with Crippen molar-refractivity contribution >= 4 is 29.4 Å². The number of ether oxygens (including phenoxy) is 1. The second kappa shape index (κ2) is 12.0. The molecule has 4 aromatic rings. The molecule has 1 fully saturated rings. The zero-order valence-corrected chi connectivity index (χ0v) is 21.4. The Kier molecular flexibility index (Phi) is 8.04. The van der Waals surface area contributed by atoms with Crippen molar-refractivity contribution in [3.8, 4) is 0 Å². The largest absolute Gasteiger partial charge is 0.442 e. The minimum absolute atomic E-state index is 0.302. The summed E-state index contributed by atoms with van der Waals surface area (Å²) in [5.74, 6) is 0.107. The summed E-state index contributed by atoms with van der Waals surface area (Å²) >= 11 is 1.73. The lowest BCUT2D eigenvalue weighted by atomic mass is 10.0. The molecule has 7 heteroatoms. The van der Waals surface area contributed by atoms with Gasteiger partial charge in [-0.25, -0.2) is 9.18 Å². The van der Waals surface area contributed by atoms with Gasteiger partial charge >= 0.3 is 6.09 Å². The van der Waals surface area contributed by atoms with Crippen LogP contribution in [0.25, 0.3) is 0 Å². The molecular weight excluding hydrogens is 499 g/mol. The van der Waals surface area contributed by atoms with Crippen molar-refractivity contribution in [2.75, 3.05) is 11.4 Å². The molecule has 2 atom stereocenters. The van der Waals surface area contributed by atoms with Crippen molar-refractivity contribution in [3.05, 3.63) is 132 Å². The summed E-state index contributed by atoms with van der Waals surface area (Å²) in [4.78, 5) is 28.5. The van der Waals surface area contributed by atoms with Crippen LogP contribution in [0.3, 0.4) is 0 Å². The van der Waals surface area contributed by atoms with Gasteiger partial charge in [0.15, 0.2) is 0 Å². The minimum Gasteiger partial charge on any atom is -0.442 e. The molecule has 2 amide bonds. The highest BCUT2D eigenvalue weighted by Crippen LogP contribution is 2.28. The summed E-state index contributed by atoms with van der Waals surface area (Å²) in [5, 5.41) is 3.01. The molecule has 0 spiro atoms. The molecule has 0 aromatic heterocycles. The summed E-state index contributed by atoms with van der Waals surface area (Å²) < 4.78 is 19.1. The maximum atomic E-state index is 13.3. The van der Waals surface area contributed by atoms with E-state index in [1.54, 1.807) is 16.7 Å². The molecule has 1 aliphatic rings. The van der Waals surface area contributed by atoms with Gasteiger partial charge in [-0.1, -0.05) is 60.7 Å². The molecule has 4 aromatic carbocycles. The Morgan fingerprint density at radius 3 is 2.18 bits per heavy atom. The van der Waals surface area contributed by atoms with E-state index in [0.29, 0.717) is 18.5 Å². The van der Waals surface area contributed by atoms with Gasteiger partial charge in [-0.2, -0.15) is 0 Å². The SMILES string of the molecule is O=C(N[C@@H](Cc1ccccc1)C1CN(c2ccc(SCc3ccccc3)cc2)C(=O)O1)c1ccc(F)cc1. The highest BCUT2D eigenvalue weighted by Gasteiger charge is 2.38. The summed E-state index contributed by atoms with van der Waals surface area (Å²) in [7, 11) is 0. The normalized spacial score (nSPS) is 15.7. The van der Waals surface area contributed by atoms with Gasteiger partial charge in [0, 0.05) is 21.9 Å². The number of rotatable bonds is 9. The summed E-state index contributed by atoms with van der Waals surface area (Å²) in [6.07, 6.45) is -0.526. The van der Waals surface area contributed by atoms with Gasteiger partial charge in [-0.05, 0) is 66.1 Å². The molecule has 5 nitrogen and oxygen atoms in total. The number of halogens is 1. The van der Waals surface area contributed by atoms with Crippen LogP contribution in [0, 0.1) is 5.82 Å². The predicted molar refractivity (Wildman–Crippen MR) is 148 cm³/mol. The molecule has 38 heavy (non-hydrogen) atoms. The van der Waals surface area contributed by atoms with E-state index in [-0.39, 0.29) is 5.91 Å². The summed E-state index contributed by atoms with van der Waals surface area (Å²) in [6.45, 7) is 0.302. The Labute approximate surface area is 225 Å². The topological polar surface area (TPSA) is 58.6 Å². The van der Waals surface area contributed by atoms with E-state index in [4.69, 9.17) is 4.74 Å². The first kappa shape index (κ1) is 25.5. The number of hydrogen-bond acceptors (Lipinski definition) is 4. The van der Waals surface area contributed by atoms with Gasteiger partial charge < -0.3 is 10.1 Å². The van der Waals surface area contributed by atoms with Gasteiger partial charge in [0.1, 0.15) is 11.9 Å². The Morgan fingerprint density at radius 2 is 1.53 bits per heavy atom. The van der Waals surface area contributed by atoms with Gasteiger partial charge in [-0.15, -0.1) is 11.8 Å². The zero-order chi connectivity index (χ0) is 26.3. The lowest BCUT2D eigenvalue weighted by molar-refractivity contribution is 0.0840. The quantitative estimate of drug-likeness (QED) is 0.254. The first-order valence-corrected chi connectivity index (χ1v) is 13.4. The number of benzene rings is 4. The molecule has 1 saturated heterocycles. The lowest BCUT2D eigenvalue weighted by Crippen LogP contribution is -2.46. The number of cyclic esters (lactones) is 1. The summed E-state index contributed by atoms with van der Waals surface area (Å²) in [5.41, 5.74) is 3.34. The van der Waals surface area contributed by atoms with Crippen LogP contribution >= 0.6 is 11.8 Å². The van der Waals surface area contributed by atoms with E-state index >= 15 is 0 Å². The predicted octanol–water partition coefficient (Wildman–Crippen LogP) is 6.48. The fraction of sp³-hybridized carbons (Fsp3) is 0.161. The zero-order valence-electron chi connectivity index (χ0n) is 20.6. The van der Waals surface area contributed by atoms with Crippen molar-refractivity contribution in [3.63, 3.8) is 0 Å². The summed E-state index contributed by atoms with van der Waals surface area (Å²) in [6, 6.07) is 32.7. The molecule has 1 aliphatic heterocycles. The first-order chi connectivity index (χ1) is 18.5. The van der Waals surface area contributed by atoms with E-state index in [2.05, 4.69) is 17.4 Å². The first-order valence-electron chi connectivity index (χ1n) is 12.4. The minimum atomic E-state index is -0.556. The Morgan fingerprint density at radius 1 is 0.895 bits per heavy atom. The molecule has 0 bridgehead atoms. The third kappa shape index (κ3) is 6.42. The Bertz CT molecular complexity index is 1370. The van der Waals surface area contributed by atoms with Crippen molar-refractivity contribution < 1.29 is 18.7 Å². The molecular formula is C31H27FN2O3S. The molecule has 0 saturated carbocycles. The van der Waals surface area contributed by atoms with Crippen LogP contribution in [0.2, 0.25) is 0 Å². The van der Waals surface area contributed by atoms with Crippen molar-refractivity contribution in [1.82, 2.24) is 5.32 Å². The number of nitrogens with one attached hydrogen (secondary N) is 1. The second-order valence-electron chi connectivity index (χ2n) is 9.08. The Hall–Kier alpha value is -4.10. The van der Waals surface area contributed by atoms with Crippen LogP contribution in [0.15, 0.2) is 114 Å². The van der Waals surface area contributed by atoms with Crippen LogP contribution < -0.4 is 10.2 Å². The number of thioether (sulfide) groups is 1. The standard InChI is InChI=1S/C31H27FN2O3S/c32-25-13-11-24(12-14-25)30(35)33-28(19-22-7-3-1-4-8-22)29-20-34(31(36)37-29)26-15-17-27(18-16-26)38-21-23-9-5-2-6-10-23/h1-18,28-29H,19-21H2,(H,33,35)/t28-,29?/m0/s1. The fourth-order valence-corrected chi connectivity index (χ4v) is 5.22. The van der Waals surface area contributed by atoms with Crippen LogP contribution in [0.4, 0.5) is 14.9 Å². The fourth-order valence-electron chi connectivity index (χ4n) is 4.36. The van der Waals surface area contributed by atoms with E-state index in [0.717, 1.165) is 21.9 Å². The van der Waals surface area contributed by atoms with Crippen molar-refractivity contribution in [2.45, 2.75) is 29.2 Å². The van der Waals surface area contributed by atoms with Gasteiger partial charge in [-0.3, -0.25) is 9.69 Å². The smallest absolute Gasteiger partial charge is 0.414 e. The monoisotopic (exact) mass is 526 g/mol. The van der Waals surface area contributed by atoms with Crippen molar-refractivity contribution in [1.29, 1.82) is 0 Å². The molecule has 5 rings (SSSR count). The van der Waals surface area contributed by atoms with E-state index < -0.39 is 24.1 Å². The average Bonchev–Trinajstić information content (AvgIpc) is 3.34. The maximum Gasteiger partial charge on any atom is 0.414 e. The molecule has 192 valence electrons. The number of nitrogens with zero attached hydrogens (tertiary/aromatic N) is 1. The van der Waals surface area contributed by atoms with Gasteiger partial charge in [0.25, 0.3) is 5.91 Å². The highest BCUT2D eigenvalue weighted by molar-refractivity contribution is 7.98. The number of carbonyl (C=O) groups is 2. The van der Waals surface area contributed by atoms with E-state index in [1.807, 2.05) is 72.8 Å². The third-order valence-corrected chi connectivity index (χ3v) is 7.49. The molecule has 0 radical (unpaired) electrons. The maximum absolute atomic E-state index is 13.3. The lowest BCUT2D eigenvalue weighted by Gasteiger charge is -2.23. The average molecular weight is 527 g/mol. The Balaban J connectivity index is 1.28. The third-order valence-electron chi connectivity index (χ3n) is 6.40. The molecule has 1 heterocycles. The molecule has 0 aliphatic carbocycles.